The van der Waals surface area contributed by atoms with Gasteiger partial charge in [0, 0.05) is 12.1 Å². The monoisotopic (exact) mass is 294 g/mol. The molecule has 21 heavy (non-hydrogen) atoms. The Morgan fingerprint density at radius 3 is 2.86 bits per heavy atom. The van der Waals surface area contributed by atoms with E-state index < -0.39 is 30.3 Å². The van der Waals surface area contributed by atoms with Crippen molar-refractivity contribution in [3.05, 3.63) is 29.6 Å². The van der Waals surface area contributed by atoms with E-state index in [1.807, 2.05) is 0 Å². The molecule has 0 saturated carbocycles. The number of carbonyl (C=O) groups is 3. The van der Waals surface area contributed by atoms with E-state index in [9.17, 15) is 18.8 Å². The van der Waals surface area contributed by atoms with Gasteiger partial charge in [0.2, 0.25) is 5.91 Å². The number of ether oxygens (including phenoxy) is 1. The molecule has 6 nitrogen and oxygen atoms in total. The predicted molar refractivity (Wildman–Crippen MR) is 71.9 cm³/mol. The van der Waals surface area contributed by atoms with Crippen molar-refractivity contribution in [2.24, 2.45) is 0 Å². The summed E-state index contributed by atoms with van der Waals surface area (Å²) in [7, 11) is 0. The summed E-state index contributed by atoms with van der Waals surface area (Å²) >= 11 is 0. The summed E-state index contributed by atoms with van der Waals surface area (Å²) < 4.78 is 18.1. The largest absolute Gasteiger partial charge is 0.454 e. The predicted octanol–water partition coefficient (Wildman–Crippen LogP) is 0.894. The fraction of sp³-hybridized carbons (Fsp3) is 0.357. The van der Waals surface area contributed by atoms with Crippen LogP contribution in [0.1, 0.15) is 18.4 Å². The van der Waals surface area contributed by atoms with Gasteiger partial charge >= 0.3 is 5.97 Å². The lowest BCUT2D eigenvalue weighted by atomic mass is 10.2. The van der Waals surface area contributed by atoms with Gasteiger partial charge in [0.15, 0.2) is 6.61 Å². The Bertz CT molecular complexity index is 588. The third-order valence-corrected chi connectivity index (χ3v) is 3.08. The molecule has 0 radical (unpaired) electrons. The Morgan fingerprint density at radius 1 is 1.48 bits per heavy atom. The van der Waals surface area contributed by atoms with Crippen molar-refractivity contribution in [1.29, 1.82) is 0 Å². The van der Waals surface area contributed by atoms with E-state index in [0.717, 1.165) is 0 Å². The van der Waals surface area contributed by atoms with E-state index in [1.165, 1.54) is 12.1 Å². The highest BCUT2D eigenvalue weighted by Gasteiger charge is 2.28. The van der Waals surface area contributed by atoms with Crippen molar-refractivity contribution in [2.45, 2.75) is 25.8 Å². The fourth-order valence-electron chi connectivity index (χ4n) is 1.90. The van der Waals surface area contributed by atoms with E-state index in [0.29, 0.717) is 12.0 Å². The number of rotatable bonds is 4. The molecule has 1 saturated heterocycles. The highest BCUT2D eigenvalue weighted by molar-refractivity contribution is 5.94. The minimum Gasteiger partial charge on any atom is -0.454 e. The number of halogens is 1. The molecule has 1 atom stereocenters. The number of aryl methyl sites for hydroxylation is 1. The smallest absolute Gasteiger partial charge is 0.329 e. The second-order valence-corrected chi connectivity index (χ2v) is 4.78. The first-order chi connectivity index (χ1) is 9.95. The molecule has 0 aromatic heterocycles. The molecule has 1 aromatic carbocycles. The highest BCUT2D eigenvalue weighted by atomic mass is 19.1. The number of nitrogens with one attached hydrogen (secondary N) is 2. The molecule has 2 amide bonds. The van der Waals surface area contributed by atoms with Gasteiger partial charge in [-0.15, -0.1) is 0 Å². The first kappa shape index (κ1) is 15.0. The lowest BCUT2D eigenvalue weighted by Crippen LogP contribution is -2.36. The van der Waals surface area contributed by atoms with Crippen LogP contribution in [0.25, 0.3) is 0 Å². The Hall–Kier alpha value is -2.44. The summed E-state index contributed by atoms with van der Waals surface area (Å²) in [6, 6.07) is 3.58. The van der Waals surface area contributed by atoms with Gasteiger partial charge in [0.1, 0.15) is 11.9 Å². The van der Waals surface area contributed by atoms with E-state index in [4.69, 9.17) is 4.74 Å². The molecule has 1 aromatic rings. The van der Waals surface area contributed by atoms with E-state index in [2.05, 4.69) is 10.6 Å². The standard InChI is InChI=1S/C14H15FN2O4/c1-8-2-3-9(6-10(8)15)16-13(19)7-21-14(20)11-4-5-12(18)17-11/h2-3,6,11H,4-5,7H2,1H3,(H,16,19)(H,17,18)/t11-/m1/s1. The van der Waals surface area contributed by atoms with Crippen LogP contribution in [0.4, 0.5) is 10.1 Å². The summed E-state index contributed by atoms with van der Waals surface area (Å²) in [5.74, 6) is -1.86. The number of benzene rings is 1. The van der Waals surface area contributed by atoms with E-state index >= 15 is 0 Å². The van der Waals surface area contributed by atoms with Crippen LogP contribution in [0, 0.1) is 12.7 Å². The number of anilines is 1. The van der Waals surface area contributed by atoms with Gasteiger partial charge in [0.05, 0.1) is 0 Å². The molecule has 1 aliphatic heterocycles. The van der Waals surface area contributed by atoms with Gasteiger partial charge in [0.25, 0.3) is 5.91 Å². The number of carbonyl (C=O) groups excluding carboxylic acids is 3. The molecule has 0 aliphatic carbocycles. The normalized spacial score (nSPS) is 17.2. The van der Waals surface area contributed by atoms with Crippen LogP contribution in [-0.4, -0.2) is 30.4 Å². The Labute approximate surface area is 120 Å². The van der Waals surface area contributed by atoms with Gasteiger partial charge in [-0.1, -0.05) is 6.07 Å². The minimum atomic E-state index is -0.692. The average molecular weight is 294 g/mol. The number of amides is 2. The van der Waals surface area contributed by atoms with Crippen molar-refractivity contribution < 1.29 is 23.5 Å². The zero-order chi connectivity index (χ0) is 15.4. The van der Waals surface area contributed by atoms with Gasteiger partial charge in [-0.3, -0.25) is 9.59 Å². The van der Waals surface area contributed by atoms with Gasteiger partial charge in [-0.25, -0.2) is 9.18 Å². The first-order valence-corrected chi connectivity index (χ1v) is 6.47. The van der Waals surface area contributed by atoms with E-state index in [1.54, 1.807) is 13.0 Å². The maximum absolute atomic E-state index is 13.3. The summed E-state index contributed by atoms with van der Waals surface area (Å²) in [5, 5.41) is 4.87. The van der Waals surface area contributed by atoms with Crippen LogP contribution in [-0.2, 0) is 19.1 Å². The number of hydrogen-bond acceptors (Lipinski definition) is 4. The van der Waals surface area contributed by atoms with Crippen LogP contribution in [0.5, 0.6) is 0 Å². The van der Waals surface area contributed by atoms with Crippen LogP contribution >= 0.6 is 0 Å². The zero-order valence-corrected chi connectivity index (χ0v) is 11.4. The molecule has 7 heteroatoms. The topological polar surface area (TPSA) is 84.5 Å². The van der Waals surface area contributed by atoms with Crippen LogP contribution in [0.3, 0.4) is 0 Å². The summed E-state index contributed by atoms with van der Waals surface area (Å²) in [5.41, 5.74) is 0.754. The first-order valence-electron chi connectivity index (χ1n) is 6.47. The highest BCUT2D eigenvalue weighted by Crippen LogP contribution is 2.13. The molecule has 112 valence electrons. The Balaban J connectivity index is 1.80. The van der Waals surface area contributed by atoms with E-state index in [-0.39, 0.29) is 18.0 Å². The molecule has 2 rings (SSSR count). The van der Waals surface area contributed by atoms with Crippen molar-refractivity contribution in [3.63, 3.8) is 0 Å². The molecule has 1 fully saturated rings. The third kappa shape index (κ3) is 4.01. The maximum Gasteiger partial charge on any atom is 0.329 e. The summed E-state index contributed by atoms with van der Waals surface area (Å²) in [6.45, 7) is 1.12. The zero-order valence-electron chi connectivity index (χ0n) is 11.4. The van der Waals surface area contributed by atoms with Crippen molar-refractivity contribution >= 4 is 23.5 Å². The number of esters is 1. The Morgan fingerprint density at radius 2 is 2.24 bits per heavy atom. The molecule has 0 bridgehead atoms. The molecule has 2 N–H and O–H groups in total. The molecule has 0 spiro atoms. The lowest BCUT2D eigenvalue weighted by molar-refractivity contribution is -0.149. The quantitative estimate of drug-likeness (QED) is 0.808. The van der Waals surface area contributed by atoms with Gasteiger partial charge in [-0.05, 0) is 31.0 Å². The average Bonchev–Trinajstić information content (AvgIpc) is 2.87. The Kier molecular flexibility index (Phi) is 4.52. The maximum atomic E-state index is 13.3. The van der Waals surface area contributed by atoms with Crippen LogP contribution in [0.15, 0.2) is 18.2 Å². The van der Waals surface area contributed by atoms with Crippen molar-refractivity contribution in [2.75, 3.05) is 11.9 Å². The molecule has 0 unspecified atom stereocenters. The van der Waals surface area contributed by atoms with Crippen molar-refractivity contribution in [3.8, 4) is 0 Å². The molecule has 1 aliphatic rings. The summed E-state index contributed by atoms with van der Waals surface area (Å²) in [6.07, 6.45) is 0.636. The second kappa shape index (κ2) is 6.34. The third-order valence-electron chi connectivity index (χ3n) is 3.08. The molecule has 1 heterocycles. The van der Waals surface area contributed by atoms with Gasteiger partial charge < -0.3 is 15.4 Å². The minimum absolute atomic E-state index is 0.212. The van der Waals surface area contributed by atoms with Crippen molar-refractivity contribution in [1.82, 2.24) is 5.32 Å². The second-order valence-electron chi connectivity index (χ2n) is 4.78. The van der Waals surface area contributed by atoms with Gasteiger partial charge in [-0.2, -0.15) is 0 Å². The molecular weight excluding hydrogens is 279 g/mol. The van der Waals surface area contributed by atoms with Crippen LogP contribution < -0.4 is 10.6 Å². The SMILES string of the molecule is Cc1ccc(NC(=O)COC(=O)[C@H]2CCC(=O)N2)cc1F. The lowest BCUT2D eigenvalue weighted by Gasteiger charge is -2.10. The fourth-order valence-corrected chi connectivity index (χ4v) is 1.90. The molecular formula is C14H15FN2O4. The summed E-state index contributed by atoms with van der Waals surface area (Å²) in [4.78, 5) is 34.1. The van der Waals surface area contributed by atoms with Crippen LogP contribution in [0.2, 0.25) is 0 Å². The number of hydrogen-bond donors (Lipinski definition) is 2.